The molecule has 0 unspecified atom stereocenters. The van der Waals surface area contributed by atoms with E-state index in [4.69, 9.17) is 22.3 Å². The van der Waals surface area contributed by atoms with E-state index in [0.29, 0.717) is 25.9 Å². The number of hydrogen-bond donors (Lipinski definition) is 5. The topological polar surface area (TPSA) is 140 Å². The molecule has 0 radical (unpaired) electrons. The van der Waals surface area contributed by atoms with E-state index in [-0.39, 0.29) is 17.6 Å². The summed E-state index contributed by atoms with van der Waals surface area (Å²) >= 11 is 0. The summed E-state index contributed by atoms with van der Waals surface area (Å²) in [7, 11) is 0. The average Bonchev–Trinajstić information content (AvgIpc) is 2.42. The minimum absolute atomic E-state index is 0.0374. The Morgan fingerprint density at radius 2 is 1.95 bits per heavy atom. The highest BCUT2D eigenvalue weighted by Crippen LogP contribution is 2.09. The van der Waals surface area contributed by atoms with Crippen LogP contribution in [0.15, 0.2) is 29.3 Å². The van der Waals surface area contributed by atoms with Crippen molar-refractivity contribution in [3.8, 4) is 5.75 Å². The molecule has 1 aromatic carbocycles. The Morgan fingerprint density at radius 3 is 2.55 bits per heavy atom. The van der Waals surface area contributed by atoms with Crippen molar-refractivity contribution in [1.82, 2.24) is 5.32 Å². The van der Waals surface area contributed by atoms with Crippen molar-refractivity contribution >= 4 is 11.9 Å². The van der Waals surface area contributed by atoms with Crippen molar-refractivity contribution in [2.75, 3.05) is 6.54 Å². The number of aliphatic imine (C=N–C) groups is 1. The van der Waals surface area contributed by atoms with Gasteiger partial charge in [0.25, 0.3) is 0 Å². The molecule has 1 amide bonds. The summed E-state index contributed by atoms with van der Waals surface area (Å²) in [4.78, 5) is 15.6. The quantitative estimate of drug-likeness (QED) is 0.257. The summed E-state index contributed by atoms with van der Waals surface area (Å²) in [5.74, 6) is 0.00892. The number of aromatic hydroxyl groups is 1. The Kier molecular flexibility index (Phi) is 6.31. The van der Waals surface area contributed by atoms with Gasteiger partial charge in [0.05, 0.1) is 6.04 Å². The molecule has 0 aliphatic carbocycles. The standard InChI is InChI=1S/C13H21N5O2/c14-11(2-1-7-17-13(15)16)12(20)18-8-9-3-5-10(19)6-4-9/h3-6,11,19H,1-2,7-8,14H2,(H,18,20)(H4,15,16,17)/t11-/m1/s1. The molecule has 0 aliphatic rings. The molecule has 0 heterocycles. The highest BCUT2D eigenvalue weighted by molar-refractivity contribution is 5.81. The van der Waals surface area contributed by atoms with Crippen LogP contribution >= 0.6 is 0 Å². The molecule has 1 rings (SSSR count). The Hall–Kier alpha value is -2.28. The zero-order valence-electron chi connectivity index (χ0n) is 11.2. The zero-order chi connectivity index (χ0) is 15.0. The lowest BCUT2D eigenvalue weighted by Gasteiger charge is -2.11. The molecule has 1 atom stereocenters. The van der Waals surface area contributed by atoms with Crippen molar-refractivity contribution in [2.24, 2.45) is 22.2 Å². The monoisotopic (exact) mass is 279 g/mol. The number of carbonyl (C=O) groups excluding carboxylic acids is 1. The molecule has 1 aromatic rings. The molecular weight excluding hydrogens is 258 g/mol. The van der Waals surface area contributed by atoms with Crippen molar-refractivity contribution in [2.45, 2.75) is 25.4 Å². The number of hydrogen-bond acceptors (Lipinski definition) is 4. The van der Waals surface area contributed by atoms with Gasteiger partial charge >= 0.3 is 0 Å². The van der Waals surface area contributed by atoms with Gasteiger partial charge in [-0.05, 0) is 30.5 Å². The summed E-state index contributed by atoms with van der Waals surface area (Å²) in [6.45, 7) is 0.835. The van der Waals surface area contributed by atoms with Crippen LogP contribution in [-0.2, 0) is 11.3 Å². The SMILES string of the molecule is NC(N)=NCCC[C@@H](N)C(=O)NCc1ccc(O)cc1. The molecule has 0 spiro atoms. The van der Waals surface area contributed by atoms with E-state index in [9.17, 15) is 4.79 Å². The van der Waals surface area contributed by atoms with Gasteiger partial charge in [-0.25, -0.2) is 0 Å². The number of phenols is 1. The maximum Gasteiger partial charge on any atom is 0.237 e. The fraction of sp³-hybridized carbons (Fsp3) is 0.385. The number of benzene rings is 1. The summed E-state index contributed by atoms with van der Waals surface area (Å²) < 4.78 is 0. The predicted molar refractivity (Wildman–Crippen MR) is 77.8 cm³/mol. The van der Waals surface area contributed by atoms with Crippen LogP contribution in [0.3, 0.4) is 0 Å². The van der Waals surface area contributed by atoms with Gasteiger partial charge in [-0.15, -0.1) is 0 Å². The number of carbonyl (C=O) groups is 1. The number of rotatable bonds is 7. The number of nitrogens with one attached hydrogen (secondary N) is 1. The van der Waals surface area contributed by atoms with Gasteiger partial charge in [-0.3, -0.25) is 9.79 Å². The van der Waals surface area contributed by atoms with E-state index in [1.165, 1.54) is 0 Å². The van der Waals surface area contributed by atoms with Crippen molar-refractivity contribution in [1.29, 1.82) is 0 Å². The fourth-order valence-electron chi connectivity index (χ4n) is 1.58. The van der Waals surface area contributed by atoms with E-state index >= 15 is 0 Å². The van der Waals surface area contributed by atoms with Crippen LogP contribution in [0.4, 0.5) is 0 Å². The second-order valence-corrected chi connectivity index (χ2v) is 4.44. The van der Waals surface area contributed by atoms with Crippen molar-refractivity contribution in [3.63, 3.8) is 0 Å². The summed E-state index contributed by atoms with van der Waals surface area (Å²) in [6.07, 6.45) is 1.16. The number of amides is 1. The average molecular weight is 279 g/mol. The molecule has 110 valence electrons. The van der Waals surface area contributed by atoms with Crippen LogP contribution in [-0.4, -0.2) is 29.6 Å². The molecule has 0 fully saturated rings. The minimum Gasteiger partial charge on any atom is -0.508 e. The molecule has 0 bridgehead atoms. The third-order valence-corrected chi connectivity index (χ3v) is 2.71. The predicted octanol–water partition coefficient (Wildman–Crippen LogP) is -0.611. The third-order valence-electron chi connectivity index (χ3n) is 2.71. The maximum atomic E-state index is 11.7. The molecular formula is C13H21N5O2. The third kappa shape index (κ3) is 6.05. The normalized spacial score (nSPS) is 11.7. The summed E-state index contributed by atoms with van der Waals surface area (Å²) in [5, 5.41) is 11.9. The summed E-state index contributed by atoms with van der Waals surface area (Å²) in [6, 6.07) is 6.02. The lowest BCUT2D eigenvalue weighted by Crippen LogP contribution is -2.40. The number of guanidine groups is 1. The van der Waals surface area contributed by atoms with Crippen LogP contribution in [0.1, 0.15) is 18.4 Å². The summed E-state index contributed by atoms with van der Waals surface area (Å²) in [5.41, 5.74) is 17.0. The maximum absolute atomic E-state index is 11.7. The largest absolute Gasteiger partial charge is 0.508 e. The van der Waals surface area contributed by atoms with Gasteiger partial charge in [-0.2, -0.15) is 0 Å². The Morgan fingerprint density at radius 1 is 1.30 bits per heavy atom. The molecule has 7 nitrogen and oxygen atoms in total. The molecule has 0 saturated carbocycles. The Bertz CT molecular complexity index is 454. The fourth-order valence-corrected chi connectivity index (χ4v) is 1.58. The minimum atomic E-state index is -0.582. The van der Waals surface area contributed by atoms with Gasteiger partial charge in [-0.1, -0.05) is 12.1 Å². The molecule has 0 saturated heterocycles. The van der Waals surface area contributed by atoms with E-state index in [1.807, 2.05) is 0 Å². The molecule has 7 heteroatoms. The first-order chi connectivity index (χ1) is 9.49. The molecule has 8 N–H and O–H groups in total. The van der Waals surface area contributed by atoms with Crippen LogP contribution in [0.25, 0.3) is 0 Å². The van der Waals surface area contributed by atoms with Crippen molar-refractivity contribution in [3.05, 3.63) is 29.8 Å². The first-order valence-electron chi connectivity index (χ1n) is 6.35. The second kappa shape index (κ2) is 8.00. The van der Waals surface area contributed by atoms with Gasteiger partial charge in [0, 0.05) is 13.1 Å². The van der Waals surface area contributed by atoms with Crippen LogP contribution in [0.2, 0.25) is 0 Å². The highest BCUT2D eigenvalue weighted by atomic mass is 16.3. The lowest BCUT2D eigenvalue weighted by atomic mass is 10.1. The lowest BCUT2D eigenvalue weighted by molar-refractivity contribution is -0.122. The first-order valence-corrected chi connectivity index (χ1v) is 6.35. The smallest absolute Gasteiger partial charge is 0.237 e. The molecule has 0 aliphatic heterocycles. The van der Waals surface area contributed by atoms with Crippen LogP contribution in [0, 0.1) is 0 Å². The first kappa shape index (κ1) is 15.8. The number of nitrogens with two attached hydrogens (primary N) is 3. The zero-order valence-corrected chi connectivity index (χ0v) is 11.2. The Balaban J connectivity index is 2.27. The highest BCUT2D eigenvalue weighted by Gasteiger charge is 2.12. The van der Waals surface area contributed by atoms with E-state index in [2.05, 4.69) is 10.3 Å². The van der Waals surface area contributed by atoms with E-state index < -0.39 is 6.04 Å². The van der Waals surface area contributed by atoms with Gasteiger partial charge < -0.3 is 27.6 Å². The van der Waals surface area contributed by atoms with Crippen molar-refractivity contribution < 1.29 is 9.90 Å². The van der Waals surface area contributed by atoms with Gasteiger partial charge in [0.15, 0.2) is 5.96 Å². The number of nitrogens with zero attached hydrogens (tertiary/aromatic N) is 1. The van der Waals surface area contributed by atoms with Gasteiger partial charge in [0.2, 0.25) is 5.91 Å². The molecule has 20 heavy (non-hydrogen) atoms. The van der Waals surface area contributed by atoms with Crippen LogP contribution < -0.4 is 22.5 Å². The Labute approximate surface area is 117 Å². The van der Waals surface area contributed by atoms with E-state index in [0.717, 1.165) is 5.56 Å². The van der Waals surface area contributed by atoms with Crippen LogP contribution in [0.5, 0.6) is 5.75 Å². The molecule has 0 aromatic heterocycles. The number of phenolic OH excluding ortho intramolecular Hbond substituents is 1. The van der Waals surface area contributed by atoms with Gasteiger partial charge in [0.1, 0.15) is 5.75 Å². The second-order valence-electron chi connectivity index (χ2n) is 4.44. The van der Waals surface area contributed by atoms with E-state index in [1.54, 1.807) is 24.3 Å².